The molecule has 1 fully saturated rings. The third-order valence-corrected chi connectivity index (χ3v) is 3.65. The number of ether oxygens (including phenoxy) is 2. The van der Waals surface area contributed by atoms with Crippen LogP contribution in [-0.4, -0.2) is 41.0 Å². The number of imidazole rings is 1. The highest BCUT2D eigenvalue weighted by molar-refractivity contribution is 5.67. The Morgan fingerprint density at radius 2 is 2.36 bits per heavy atom. The second-order valence-electron chi connectivity index (χ2n) is 6.78. The second-order valence-corrected chi connectivity index (χ2v) is 6.78. The summed E-state index contributed by atoms with van der Waals surface area (Å²) in [4.78, 5) is 15.8. The Bertz CT molecular complexity index is 473. The lowest BCUT2D eigenvalue weighted by atomic mass is 10.1. The lowest BCUT2D eigenvalue weighted by Gasteiger charge is -2.19. The third kappa shape index (κ3) is 5.67. The summed E-state index contributed by atoms with van der Waals surface area (Å²) in [5, 5.41) is 2.78. The maximum absolute atomic E-state index is 11.6. The highest BCUT2D eigenvalue weighted by Gasteiger charge is 2.17. The van der Waals surface area contributed by atoms with Crippen LogP contribution in [0.3, 0.4) is 0 Å². The first-order valence-corrected chi connectivity index (χ1v) is 7.97. The largest absolute Gasteiger partial charge is 0.444 e. The monoisotopic (exact) mass is 309 g/mol. The predicted molar refractivity (Wildman–Crippen MR) is 83.7 cm³/mol. The molecule has 1 N–H and O–H groups in total. The van der Waals surface area contributed by atoms with Gasteiger partial charge in [0, 0.05) is 44.6 Å². The van der Waals surface area contributed by atoms with Gasteiger partial charge in [-0.05, 0) is 39.5 Å². The molecular formula is C16H27N3O3. The van der Waals surface area contributed by atoms with Crippen molar-refractivity contribution >= 4 is 6.09 Å². The zero-order valence-electron chi connectivity index (χ0n) is 13.8. The van der Waals surface area contributed by atoms with Crippen LogP contribution in [0.5, 0.6) is 0 Å². The Morgan fingerprint density at radius 1 is 1.55 bits per heavy atom. The van der Waals surface area contributed by atoms with E-state index in [0.29, 0.717) is 12.5 Å². The van der Waals surface area contributed by atoms with E-state index in [1.54, 1.807) is 0 Å². The summed E-state index contributed by atoms with van der Waals surface area (Å²) < 4.78 is 12.8. The number of aromatic nitrogens is 2. The minimum Gasteiger partial charge on any atom is -0.444 e. The smallest absolute Gasteiger partial charge is 0.407 e. The van der Waals surface area contributed by atoms with Crippen LogP contribution in [0.4, 0.5) is 4.79 Å². The van der Waals surface area contributed by atoms with Crippen molar-refractivity contribution in [1.29, 1.82) is 0 Å². The van der Waals surface area contributed by atoms with Crippen LogP contribution in [0.15, 0.2) is 12.5 Å². The van der Waals surface area contributed by atoms with E-state index in [4.69, 9.17) is 9.47 Å². The van der Waals surface area contributed by atoms with Crippen LogP contribution in [0.2, 0.25) is 0 Å². The van der Waals surface area contributed by atoms with Crippen molar-refractivity contribution in [3.8, 4) is 0 Å². The van der Waals surface area contributed by atoms with Crippen molar-refractivity contribution in [3.05, 3.63) is 18.2 Å². The molecule has 1 amide bonds. The molecule has 0 bridgehead atoms. The quantitative estimate of drug-likeness (QED) is 0.876. The van der Waals surface area contributed by atoms with Gasteiger partial charge in [-0.15, -0.1) is 0 Å². The molecule has 2 rings (SSSR count). The van der Waals surface area contributed by atoms with Crippen LogP contribution in [0.1, 0.15) is 39.3 Å². The zero-order chi connectivity index (χ0) is 16.0. The van der Waals surface area contributed by atoms with Gasteiger partial charge in [-0.1, -0.05) is 0 Å². The normalized spacial score (nSPS) is 18.4. The van der Waals surface area contributed by atoms with Crippen molar-refractivity contribution in [1.82, 2.24) is 14.9 Å². The Hall–Kier alpha value is -1.56. The molecule has 1 unspecified atom stereocenters. The molecule has 0 aliphatic carbocycles. The maximum Gasteiger partial charge on any atom is 0.407 e. The summed E-state index contributed by atoms with van der Waals surface area (Å²) in [6.07, 6.45) is 6.37. The van der Waals surface area contributed by atoms with Gasteiger partial charge >= 0.3 is 6.09 Å². The van der Waals surface area contributed by atoms with Crippen molar-refractivity contribution in [3.63, 3.8) is 0 Å². The zero-order valence-corrected chi connectivity index (χ0v) is 13.8. The molecule has 1 aromatic heterocycles. The molecule has 1 aliphatic rings. The first kappa shape index (κ1) is 16.8. The number of aryl methyl sites for hydroxylation is 1. The second kappa shape index (κ2) is 7.63. The molecule has 124 valence electrons. The molecule has 6 nitrogen and oxygen atoms in total. The van der Waals surface area contributed by atoms with Crippen LogP contribution in [-0.2, 0) is 22.4 Å². The number of carbonyl (C=O) groups is 1. The number of alkyl carbamates (subject to hydrolysis) is 1. The SMILES string of the molecule is CC(C)(C)OC(=O)NCCc1cncn1CCC1CCOC1. The molecule has 1 saturated heterocycles. The molecule has 2 heterocycles. The van der Waals surface area contributed by atoms with Crippen molar-refractivity contribution < 1.29 is 14.3 Å². The fourth-order valence-electron chi connectivity index (χ4n) is 2.50. The number of hydrogen-bond donors (Lipinski definition) is 1. The highest BCUT2D eigenvalue weighted by atomic mass is 16.6. The van der Waals surface area contributed by atoms with Crippen LogP contribution in [0, 0.1) is 5.92 Å². The van der Waals surface area contributed by atoms with E-state index in [1.165, 1.54) is 0 Å². The van der Waals surface area contributed by atoms with Crippen LogP contribution >= 0.6 is 0 Å². The fourth-order valence-corrected chi connectivity index (χ4v) is 2.50. The van der Waals surface area contributed by atoms with Crippen LogP contribution < -0.4 is 5.32 Å². The highest BCUT2D eigenvalue weighted by Crippen LogP contribution is 2.17. The van der Waals surface area contributed by atoms with E-state index >= 15 is 0 Å². The average Bonchev–Trinajstić information content (AvgIpc) is 3.04. The van der Waals surface area contributed by atoms with Crippen molar-refractivity contribution in [2.24, 2.45) is 5.92 Å². The van der Waals surface area contributed by atoms with Gasteiger partial charge in [-0.2, -0.15) is 0 Å². The Labute approximate surface area is 132 Å². The first-order valence-electron chi connectivity index (χ1n) is 7.97. The number of hydrogen-bond acceptors (Lipinski definition) is 4. The predicted octanol–water partition coefficient (Wildman–Crippen LogP) is 2.38. The molecule has 6 heteroatoms. The summed E-state index contributed by atoms with van der Waals surface area (Å²) in [5.74, 6) is 0.662. The summed E-state index contributed by atoms with van der Waals surface area (Å²) in [7, 11) is 0. The first-order chi connectivity index (χ1) is 10.4. The van der Waals surface area contributed by atoms with Gasteiger partial charge in [-0.25, -0.2) is 9.78 Å². The topological polar surface area (TPSA) is 65.4 Å². The summed E-state index contributed by atoms with van der Waals surface area (Å²) in [6.45, 7) is 8.84. The van der Waals surface area contributed by atoms with Gasteiger partial charge in [0.1, 0.15) is 5.60 Å². The maximum atomic E-state index is 11.6. The molecule has 0 spiro atoms. The average molecular weight is 309 g/mol. The van der Waals surface area contributed by atoms with Crippen molar-refractivity contribution in [2.75, 3.05) is 19.8 Å². The fraction of sp³-hybridized carbons (Fsp3) is 0.750. The molecule has 1 aliphatic heterocycles. The Balaban J connectivity index is 1.71. The van der Waals surface area contributed by atoms with E-state index in [0.717, 1.165) is 44.7 Å². The summed E-state index contributed by atoms with van der Waals surface area (Å²) in [5.41, 5.74) is 0.671. The van der Waals surface area contributed by atoms with E-state index in [9.17, 15) is 4.79 Å². The lowest BCUT2D eigenvalue weighted by molar-refractivity contribution is 0.0528. The molecule has 0 aromatic carbocycles. The molecular weight excluding hydrogens is 282 g/mol. The number of amides is 1. The molecule has 1 aromatic rings. The standard InChI is InChI=1S/C16H27N3O3/c1-16(2,3)22-15(20)18-7-4-14-10-17-12-19(14)8-5-13-6-9-21-11-13/h10,12-13H,4-9,11H2,1-3H3,(H,18,20). The number of rotatable bonds is 6. The minimum atomic E-state index is -0.463. The van der Waals surface area contributed by atoms with Gasteiger partial charge in [0.15, 0.2) is 0 Å². The summed E-state index contributed by atoms with van der Waals surface area (Å²) in [6, 6.07) is 0. The van der Waals surface area contributed by atoms with Gasteiger partial charge < -0.3 is 19.4 Å². The molecule has 0 saturated carbocycles. The summed E-state index contributed by atoms with van der Waals surface area (Å²) >= 11 is 0. The Morgan fingerprint density at radius 3 is 3.05 bits per heavy atom. The van der Waals surface area contributed by atoms with E-state index < -0.39 is 5.60 Å². The van der Waals surface area contributed by atoms with E-state index in [-0.39, 0.29) is 6.09 Å². The number of carbonyl (C=O) groups excluding carboxylic acids is 1. The Kier molecular flexibility index (Phi) is 5.83. The van der Waals surface area contributed by atoms with Crippen LogP contribution in [0.25, 0.3) is 0 Å². The molecule has 1 atom stereocenters. The van der Waals surface area contributed by atoms with Gasteiger partial charge in [0.25, 0.3) is 0 Å². The van der Waals surface area contributed by atoms with E-state index in [1.807, 2.05) is 33.3 Å². The number of nitrogens with zero attached hydrogens (tertiary/aromatic N) is 2. The molecule has 22 heavy (non-hydrogen) atoms. The van der Waals surface area contributed by atoms with Crippen molar-refractivity contribution in [2.45, 2.75) is 52.2 Å². The van der Waals surface area contributed by atoms with E-state index in [2.05, 4.69) is 14.9 Å². The van der Waals surface area contributed by atoms with Gasteiger partial charge in [-0.3, -0.25) is 0 Å². The lowest BCUT2D eigenvalue weighted by Crippen LogP contribution is -2.33. The number of nitrogens with one attached hydrogen (secondary N) is 1. The van der Waals surface area contributed by atoms with Gasteiger partial charge in [0.2, 0.25) is 0 Å². The molecule has 0 radical (unpaired) electrons. The van der Waals surface area contributed by atoms with Gasteiger partial charge in [0.05, 0.1) is 6.33 Å². The minimum absolute atomic E-state index is 0.373. The third-order valence-electron chi connectivity index (χ3n) is 3.65.